The molecule has 0 unspecified atom stereocenters. The number of hydrogen-bond acceptors (Lipinski definition) is 1. The molecule has 0 heterocycles. The van der Waals surface area contributed by atoms with Gasteiger partial charge in [-0.1, -0.05) is 24.1 Å². The predicted molar refractivity (Wildman–Crippen MR) is 60.3 cm³/mol. The molecule has 0 bridgehead atoms. The molecule has 72 valence electrons. The molecule has 13 heavy (non-hydrogen) atoms. The van der Waals surface area contributed by atoms with Crippen LogP contribution in [0.5, 0.6) is 0 Å². The predicted octanol–water partition coefficient (Wildman–Crippen LogP) is 4.06. The normalized spacial score (nSPS) is 12.4. The number of hydrogen-bond donors (Lipinski definition) is 0. The van der Waals surface area contributed by atoms with Crippen LogP contribution >= 0.6 is 11.6 Å². The van der Waals surface area contributed by atoms with Crippen LogP contribution in [-0.4, -0.2) is 6.21 Å². The first kappa shape index (κ1) is 12.2. The van der Waals surface area contributed by atoms with Gasteiger partial charge in [0.05, 0.1) is 6.21 Å². The van der Waals surface area contributed by atoms with Crippen molar-refractivity contribution in [2.45, 2.75) is 34.1 Å². The average molecular weight is 198 g/mol. The van der Waals surface area contributed by atoms with Crippen LogP contribution in [-0.2, 0) is 0 Å². The van der Waals surface area contributed by atoms with Crippen LogP contribution in [0, 0.1) is 0 Å². The molecule has 0 amide bonds. The Kier molecular flexibility index (Phi) is 6.30. The summed E-state index contributed by atoms with van der Waals surface area (Å²) in [5.74, 6) is 0. The Morgan fingerprint density at radius 1 is 1.46 bits per heavy atom. The van der Waals surface area contributed by atoms with Gasteiger partial charge in [-0.25, -0.2) is 0 Å². The molecule has 1 nitrogen and oxygen atoms in total. The minimum atomic E-state index is 0.533. The van der Waals surface area contributed by atoms with Gasteiger partial charge in [-0.3, -0.25) is 4.99 Å². The van der Waals surface area contributed by atoms with Crippen LogP contribution in [0.4, 0.5) is 0 Å². The van der Waals surface area contributed by atoms with Crippen molar-refractivity contribution in [2.75, 3.05) is 0 Å². The third kappa shape index (κ3) is 5.46. The van der Waals surface area contributed by atoms with Gasteiger partial charge < -0.3 is 0 Å². The molecule has 0 atom stereocenters. The summed E-state index contributed by atoms with van der Waals surface area (Å²) in [4.78, 5) is 4.22. The first-order valence-corrected chi connectivity index (χ1v) is 4.76. The van der Waals surface area contributed by atoms with Crippen molar-refractivity contribution in [1.29, 1.82) is 0 Å². The summed E-state index contributed by atoms with van der Waals surface area (Å²) >= 11 is 5.78. The SMILES string of the molecule is CC=C=C(Cl)/C=N\C(C)=C(/C)CC. The molecule has 0 radical (unpaired) electrons. The minimum Gasteiger partial charge on any atom is -0.259 e. The topological polar surface area (TPSA) is 12.4 Å². The third-order valence-corrected chi connectivity index (χ3v) is 2.01. The fourth-order valence-electron chi connectivity index (χ4n) is 0.695. The molecule has 0 aliphatic rings. The minimum absolute atomic E-state index is 0.533. The molecule has 0 aliphatic carbocycles. The number of aliphatic imine (C=N–C) groups is 1. The maximum Gasteiger partial charge on any atom is 0.100 e. The van der Waals surface area contributed by atoms with E-state index >= 15 is 0 Å². The van der Waals surface area contributed by atoms with Crippen LogP contribution in [0.25, 0.3) is 0 Å². The highest BCUT2D eigenvalue weighted by Crippen LogP contribution is 2.08. The second-order valence-corrected chi connectivity index (χ2v) is 3.17. The van der Waals surface area contributed by atoms with Crippen LogP contribution in [0.15, 0.2) is 33.1 Å². The van der Waals surface area contributed by atoms with Gasteiger partial charge in [-0.2, -0.15) is 0 Å². The summed E-state index contributed by atoms with van der Waals surface area (Å²) < 4.78 is 0. The molecule has 0 rings (SSSR count). The van der Waals surface area contributed by atoms with Crippen LogP contribution in [0.1, 0.15) is 34.1 Å². The lowest BCUT2D eigenvalue weighted by Crippen LogP contribution is -1.80. The Morgan fingerprint density at radius 3 is 2.54 bits per heavy atom. The summed E-state index contributed by atoms with van der Waals surface area (Å²) in [6.07, 6.45) is 4.41. The van der Waals surface area contributed by atoms with Crippen molar-refractivity contribution < 1.29 is 0 Å². The van der Waals surface area contributed by atoms with E-state index in [0.29, 0.717) is 5.03 Å². The largest absolute Gasteiger partial charge is 0.259 e. The van der Waals surface area contributed by atoms with Crippen molar-refractivity contribution >= 4 is 17.8 Å². The molecule has 0 fully saturated rings. The zero-order valence-electron chi connectivity index (χ0n) is 8.69. The van der Waals surface area contributed by atoms with Gasteiger partial charge in [0, 0.05) is 5.70 Å². The molecule has 2 heteroatoms. The molecule has 0 N–H and O–H groups in total. The van der Waals surface area contributed by atoms with E-state index in [1.165, 1.54) is 5.57 Å². The number of allylic oxidation sites excluding steroid dienone is 3. The van der Waals surface area contributed by atoms with E-state index in [1.54, 1.807) is 12.3 Å². The van der Waals surface area contributed by atoms with E-state index in [4.69, 9.17) is 11.6 Å². The van der Waals surface area contributed by atoms with Crippen molar-refractivity contribution in [3.63, 3.8) is 0 Å². The van der Waals surface area contributed by atoms with Crippen molar-refractivity contribution in [3.8, 4) is 0 Å². The van der Waals surface area contributed by atoms with Gasteiger partial charge in [-0.05, 0) is 33.3 Å². The smallest absolute Gasteiger partial charge is 0.100 e. The molecule has 0 spiro atoms. The molecule has 0 aromatic carbocycles. The molecular formula is C11H16ClN. The van der Waals surface area contributed by atoms with Gasteiger partial charge in [0.15, 0.2) is 0 Å². The molecule has 0 saturated carbocycles. The Labute approximate surface area is 85.5 Å². The van der Waals surface area contributed by atoms with E-state index in [-0.39, 0.29) is 0 Å². The van der Waals surface area contributed by atoms with E-state index < -0.39 is 0 Å². The first-order valence-electron chi connectivity index (χ1n) is 4.39. The summed E-state index contributed by atoms with van der Waals surface area (Å²) in [7, 11) is 0. The summed E-state index contributed by atoms with van der Waals surface area (Å²) in [6.45, 7) is 8.03. The van der Waals surface area contributed by atoms with E-state index in [0.717, 1.165) is 12.1 Å². The highest BCUT2D eigenvalue weighted by molar-refractivity contribution is 6.39. The van der Waals surface area contributed by atoms with E-state index in [9.17, 15) is 0 Å². The summed E-state index contributed by atoms with van der Waals surface area (Å²) in [6, 6.07) is 0. The van der Waals surface area contributed by atoms with Gasteiger partial charge in [0.2, 0.25) is 0 Å². The second kappa shape index (κ2) is 6.71. The highest BCUT2D eigenvalue weighted by atomic mass is 35.5. The number of nitrogens with zero attached hydrogens (tertiary/aromatic N) is 1. The number of rotatable bonds is 3. The number of halogens is 1. The maximum atomic E-state index is 5.78. The first-order chi connectivity index (χ1) is 6.11. The zero-order chi connectivity index (χ0) is 10.3. The summed E-state index contributed by atoms with van der Waals surface area (Å²) in [5.41, 5.74) is 5.15. The molecular weight excluding hydrogens is 182 g/mol. The quantitative estimate of drug-likeness (QED) is 0.478. The zero-order valence-corrected chi connectivity index (χ0v) is 9.44. The molecule has 0 saturated heterocycles. The lowest BCUT2D eigenvalue weighted by Gasteiger charge is -1.97. The van der Waals surface area contributed by atoms with Crippen LogP contribution in [0.3, 0.4) is 0 Å². The lowest BCUT2D eigenvalue weighted by molar-refractivity contribution is 1.04. The van der Waals surface area contributed by atoms with Crippen molar-refractivity contribution in [3.05, 3.63) is 28.1 Å². The van der Waals surface area contributed by atoms with E-state index in [2.05, 4.69) is 24.6 Å². The highest BCUT2D eigenvalue weighted by Gasteiger charge is 1.90. The molecule has 0 aromatic rings. The Balaban J connectivity index is 4.54. The Hall–Kier alpha value is -0.780. The third-order valence-electron chi connectivity index (χ3n) is 1.80. The van der Waals surface area contributed by atoms with Gasteiger partial charge in [-0.15, -0.1) is 5.73 Å². The lowest BCUT2D eigenvalue weighted by atomic mass is 10.2. The standard InChI is InChI=1S/C11H16ClN/c1-5-7-11(12)8-13-10(4)9(3)6-2/h5,8H,6H2,1-4H3/b10-9+,13-8-. The average Bonchev–Trinajstić information content (AvgIpc) is 2.13. The Bertz CT molecular complexity index is 278. The molecule has 0 aromatic heterocycles. The van der Waals surface area contributed by atoms with Gasteiger partial charge in [0.25, 0.3) is 0 Å². The fraction of sp³-hybridized carbons (Fsp3) is 0.455. The van der Waals surface area contributed by atoms with E-state index in [1.807, 2.05) is 13.8 Å². The summed E-state index contributed by atoms with van der Waals surface area (Å²) in [5, 5.41) is 0.533. The van der Waals surface area contributed by atoms with Crippen molar-refractivity contribution in [1.82, 2.24) is 0 Å². The monoisotopic (exact) mass is 197 g/mol. The molecule has 0 aliphatic heterocycles. The van der Waals surface area contributed by atoms with Crippen LogP contribution in [0.2, 0.25) is 0 Å². The van der Waals surface area contributed by atoms with Gasteiger partial charge in [0.1, 0.15) is 5.03 Å². The van der Waals surface area contributed by atoms with Crippen molar-refractivity contribution in [2.24, 2.45) is 4.99 Å². The fourth-order valence-corrected chi connectivity index (χ4v) is 0.853. The second-order valence-electron chi connectivity index (χ2n) is 2.76. The van der Waals surface area contributed by atoms with Gasteiger partial charge >= 0.3 is 0 Å². The maximum absolute atomic E-state index is 5.78. The Morgan fingerprint density at radius 2 is 2.08 bits per heavy atom. The van der Waals surface area contributed by atoms with Crippen LogP contribution < -0.4 is 0 Å².